The molecule has 0 saturated carbocycles. The van der Waals surface area contributed by atoms with Gasteiger partial charge < -0.3 is 4.74 Å². The van der Waals surface area contributed by atoms with Crippen molar-refractivity contribution in [2.45, 2.75) is 19.8 Å². The summed E-state index contributed by atoms with van der Waals surface area (Å²) in [7, 11) is 0. The topological polar surface area (TPSA) is 51.2 Å². The normalized spacial score (nSPS) is 11.1. The molecule has 0 aliphatic carbocycles. The standard InChI is InChI=1S/C18H16Cl2N2O2S/c1-10(2)11-3-5-12(6-4-11)24-9-15(23)21-18-22-16-13(19)7-8-14(20)17(16)25-18/h3-8,10H,9H2,1-2H3,(H,21,22,23). The minimum atomic E-state index is -0.292. The van der Waals surface area contributed by atoms with Gasteiger partial charge in [-0.2, -0.15) is 0 Å². The summed E-state index contributed by atoms with van der Waals surface area (Å²) < 4.78 is 6.25. The van der Waals surface area contributed by atoms with Crippen molar-refractivity contribution in [2.24, 2.45) is 0 Å². The molecule has 25 heavy (non-hydrogen) atoms. The third-order valence-electron chi connectivity index (χ3n) is 3.61. The Hall–Kier alpha value is -1.82. The number of nitrogens with one attached hydrogen (secondary N) is 1. The van der Waals surface area contributed by atoms with E-state index in [9.17, 15) is 4.79 Å². The monoisotopic (exact) mass is 394 g/mol. The highest BCUT2D eigenvalue weighted by molar-refractivity contribution is 7.23. The Balaban J connectivity index is 1.63. The minimum Gasteiger partial charge on any atom is -0.484 e. The summed E-state index contributed by atoms with van der Waals surface area (Å²) in [6, 6.07) is 11.1. The number of nitrogens with zero attached hydrogens (tertiary/aromatic N) is 1. The van der Waals surface area contributed by atoms with Gasteiger partial charge in [-0.15, -0.1) is 0 Å². The molecule has 4 nitrogen and oxygen atoms in total. The maximum absolute atomic E-state index is 12.1. The number of aromatic nitrogens is 1. The van der Waals surface area contributed by atoms with Crippen LogP contribution in [0.2, 0.25) is 10.0 Å². The summed E-state index contributed by atoms with van der Waals surface area (Å²) in [5, 5.41) is 4.20. The minimum absolute atomic E-state index is 0.0988. The van der Waals surface area contributed by atoms with Gasteiger partial charge in [0, 0.05) is 0 Å². The van der Waals surface area contributed by atoms with Gasteiger partial charge in [0.05, 0.1) is 14.7 Å². The molecule has 7 heteroatoms. The molecule has 0 saturated heterocycles. The first-order valence-corrected chi connectivity index (χ1v) is 9.28. The number of carbonyl (C=O) groups excluding carboxylic acids is 1. The molecular formula is C18H16Cl2N2O2S. The van der Waals surface area contributed by atoms with Crippen LogP contribution in [0.15, 0.2) is 36.4 Å². The highest BCUT2D eigenvalue weighted by Crippen LogP contribution is 2.35. The van der Waals surface area contributed by atoms with Crippen LogP contribution in [0, 0.1) is 0 Å². The van der Waals surface area contributed by atoms with E-state index in [-0.39, 0.29) is 12.5 Å². The van der Waals surface area contributed by atoms with E-state index >= 15 is 0 Å². The number of hydrogen-bond donors (Lipinski definition) is 1. The summed E-state index contributed by atoms with van der Waals surface area (Å²) in [5.74, 6) is 0.809. The molecule has 0 unspecified atom stereocenters. The average molecular weight is 395 g/mol. The molecule has 130 valence electrons. The summed E-state index contributed by atoms with van der Waals surface area (Å²) in [6.07, 6.45) is 0. The van der Waals surface area contributed by atoms with E-state index in [2.05, 4.69) is 24.1 Å². The fourth-order valence-electron chi connectivity index (χ4n) is 2.25. The fourth-order valence-corrected chi connectivity index (χ4v) is 3.69. The van der Waals surface area contributed by atoms with Gasteiger partial charge in [-0.3, -0.25) is 10.1 Å². The van der Waals surface area contributed by atoms with Crippen molar-refractivity contribution in [2.75, 3.05) is 11.9 Å². The van der Waals surface area contributed by atoms with Gasteiger partial charge in [-0.05, 0) is 35.7 Å². The fraction of sp³-hybridized carbons (Fsp3) is 0.222. The molecule has 1 heterocycles. The number of anilines is 1. The van der Waals surface area contributed by atoms with E-state index in [4.69, 9.17) is 27.9 Å². The number of hydrogen-bond acceptors (Lipinski definition) is 4. The smallest absolute Gasteiger partial charge is 0.264 e. The molecule has 0 aliphatic rings. The number of amides is 1. The number of halogens is 2. The van der Waals surface area contributed by atoms with Crippen molar-refractivity contribution >= 4 is 55.8 Å². The molecule has 0 spiro atoms. The van der Waals surface area contributed by atoms with E-state index in [0.717, 1.165) is 4.70 Å². The van der Waals surface area contributed by atoms with Crippen molar-refractivity contribution < 1.29 is 9.53 Å². The Bertz CT molecular complexity index is 868. The van der Waals surface area contributed by atoms with Crippen molar-refractivity contribution in [3.05, 3.63) is 52.0 Å². The molecule has 0 bridgehead atoms. The van der Waals surface area contributed by atoms with Gasteiger partial charge in [-0.25, -0.2) is 4.98 Å². The van der Waals surface area contributed by atoms with Crippen LogP contribution in [0.3, 0.4) is 0 Å². The molecule has 1 aromatic heterocycles. The zero-order valence-corrected chi connectivity index (χ0v) is 16.0. The Kier molecular flexibility index (Phi) is 5.47. The first-order valence-electron chi connectivity index (χ1n) is 7.71. The van der Waals surface area contributed by atoms with E-state index < -0.39 is 0 Å². The lowest BCUT2D eigenvalue weighted by atomic mass is 10.0. The highest BCUT2D eigenvalue weighted by atomic mass is 35.5. The predicted octanol–water partition coefficient (Wildman–Crippen LogP) is 5.74. The molecule has 3 rings (SSSR count). The first kappa shape index (κ1) is 18.0. The molecule has 1 amide bonds. The second-order valence-corrected chi connectivity index (χ2v) is 7.60. The first-order chi connectivity index (χ1) is 11.9. The van der Waals surface area contributed by atoms with Crippen LogP contribution in [0.5, 0.6) is 5.75 Å². The molecule has 2 aromatic carbocycles. The number of rotatable bonds is 5. The van der Waals surface area contributed by atoms with Crippen molar-refractivity contribution in [1.82, 2.24) is 4.98 Å². The van der Waals surface area contributed by atoms with Crippen LogP contribution < -0.4 is 10.1 Å². The summed E-state index contributed by atoms with van der Waals surface area (Å²) >= 11 is 13.5. The molecule has 0 fully saturated rings. The van der Waals surface area contributed by atoms with Crippen molar-refractivity contribution in [1.29, 1.82) is 0 Å². The highest BCUT2D eigenvalue weighted by Gasteiger charge is 2.13. The van der Waals surface area contributed by atoms with E-state index in [1.54, 1.807) is 12.1 Å². The van der Waals surface area contributed by atoms with Crippen LogP contribution in [0.1, 0.15) is 25.3 Å². The maximum Gasteiger partial charge on any atom is 0.264 e. The average Bonchev–Trinajstić information content (AvgIpc) is 3.02. The van der Waals surface area contributed by atoms with Gasteiger partial charge in [0.1, 0.15) is 11.3 Å². The Morgan fingerprint density at radius 2 is 1.84 bits per heavy atom. The van der Waals surface area contributed by atoms with Crippen molar-refractivity contribution in [3.63, 3.8) is 0 Å². The lowest BCUT2D eigenvalue weighted by molar-refractivity contribution is -0.118. The molecule has 1 N–H and O–H groups in total. The number of benzene rings is 2. The second kappa shape index (κ2) is 7.60. The number of ether oxygens (including phenoxy) is 1. The molecule has 0 radical (unpaired) electrons. The number of fused-ring (bicyclic) bond motifs is 1. The Morgan fingerprint density at radius 3 is 2.48 bits per heavy atom. The summed E-state index contributed by atoms with van der Waals surface area (Å²) in [4.78, 5) is 16.4. The van der Waals surface area contributed by atoms with Gasteiger partial charge in [-0.1, -0.05) is 60.5 Å². The maximum atomic E-state index is 12.1. The third-order valence-corrected chi connectivity index (χ3v) is 5.35. The van der Waals surface area contributed by atoms with Gasteiger partial charge in [0.25, 0.3) is 5.91 Å². The van der Waals surface area contributed by atoms with Crippen molar-refractivity contribution in [3.8, 4) is 5.75 Å². The lowest BCUT2D eigenvalue weighted by Crippen LogP contribution is -2.20. The lowest BCUT2D eigenvalue weighted by Gasteiger charge is -2.08. The third kappa shape index (κ3) is 4.24. The van der Waals surface area contributed by atoms with Crippen LogP contribution in [0.25, 0.3) is 10.2 Å². The van der Waals surface area contributed by atoms with Crippen LogP contribution in [0.4, 0.5) is 5.13 Å². The second-order valence-electron chi connectivity index (χ2n) is 5.79. The van der Waals surface area contributed by atoms with Gasteiger partial charge in [0.2, 0.25) is 0 Å². The predicted molar refractivity (Wildman–Crippen MR) is 104 cm³/mol. The quantitative estimate of drug-likeness (QED) is 0.599. The Labute approximate surface area is 159 Å². The number of thiazole rings is 1. The van der Waals surface area contributed by atoms with Crippen LogP contribution >= 0.6 is 34.5 Å². The molecular weight excluding hydrogens is 379 g/mol. The largest absolute Gasteiger partial charge is 0.484 e. The molecule has 3 aromatic rings. The molecule has 0 atom stereocenters. The SMILES string of the molecule is CC(C)c1ccc(OCC(=O)Nc2nc3c(Cl)ccc(Cl)c3s2)cc1. The van der Waals surface area contributed by atoms with Crippen LogP contribution in [-0.2, 0) is 4.79 Å². The zero-order valence-electron chi connectivity index (χ0n) is 13.7. The number of carbonyl (C=O) groups is 1. The van der Waals surface area contributed by atoms with Gasteiger partial charge in [0.15, 0.2) is 11.7 Å². The Morgan fingerprint density at radius 1 is 1.16 bits per heavy atom. The van der Waals surface area contributed by atoms with E-state index in [1.807, 2.05) is 24.3 Å². The zero-order chi connectivity index (χ0) is 18.0. The van der Waals surface area contributed by atoms with E-state index in [0.29, 0.717) is 32.4 Å². The van der Waals surface area contributed by atoms with Crippen LogP contribution in [-0.4, -0.2) is 17.5 Å². The molecule has 0 aliphatic heterocycles. The van der Waals surface area contributed by atoms with Gasteiger partial charge >= 0.3 is 0 Å². The summed E-state index contributed by atoms with van der Waals surface area (Å²) in [6.45, 7) is 4.15. The van der Waals surface area contributed by atoms with E-state index in [1.165, 1.54) is 16.9 Å². The summed E-state index contributed by atoms with van der Waals surface area (Å²) in [5.41, 5.74) is 1.81.